The van der Waals surface area contributed by atoms with Crippen LogP contribution in [0.4, 0.5) is 0 Å². The molecule has 1 aliphatic heterocycles. The maximum atomic E-state index is 2.37. The minimum atomic E-state index is 0. The highest BCUT2D eigenvalue weighted by Crippen LogP contribution is 2.26. The summed E-state index contributed by atoms with van der Waals surface area (Å²) in [6.07, 6.45) is 2.88. The lowest BCUT2D eigenvalue weighted by molar-refractivity contribution is -0.956. The van der Waals surface area contributed by atoms with Crippen molar-refractivity contribution in [1.82, 2.24) is 0 Å². The van der Waals surface area contributed by atoms with E-state index in [4.69, 9.17) is 0 Å². The summed E-state index contributed by atoms with van der Waals surface area (Å²) in [5.74, 6) is 0. The Morgan fingerprint density at radius 2 is 1.17 bits per heavy atom. The van der Waals surface area contributed by atoms with Gasteiger partial charge in [-0.3, -0.25) is 0 Å². The Bertz CT molecular complexity index is 116. The third kappa shape index (κ3) is 1.79. The van der Waals surface area contributed by atoms with Gasteiger partial charge < -0.3 is 9.19 Å². The number of halogens is 1. The van der Waals surface area contributed by atoms with E-state index < -0.39 is 0 Å². The number of hydrogen-bond acceptors (Lipinski definition) is 0. The zero-order valence-electron chi connectivity index (χ0n) is 8.81. The molecule has 0 spiro atoms. The van der Waals surface area contributed by atoms with Crippen molar-refractivity contribution in [3.8, 4) is 0 Å². The van der Waals surface area contributed by atoms with Crippen molar-refractivity contribution in [2.45, 2.75) is 52.6 Å². The molecule has 0 aliphatic carbocycles. The van der Waals surface area contributed by atoms with Gasteiger partial charge in [0.2, 0.25) is 0 Å². The molecule has 0 amide bonds. The van der Waals surface area contributed by atoms with Crippen LogP contribution < -0.4 is 4.70 Å². The van der Waals surface area contributed by atoms with Crippen LogP contribution in [-0.2, 0) is 0 Å². The first-order valence-electron chi connectivity index (χ1n) is 4.96. The van der Waals surface area contributed by atoms with Crippen molar-refractivity contribution < 1.29 is 9.19 Å². The quantitative estimate of drug-likeness (QED) is 0.493. The van der Waals surface area contributed by atoms with Crippen LogP contribution in [0.1, 0.15) is 40.5 Å². The molecule has 0 atom stereocenters. The number of likely N-dealkylation sites (tertiary alicyclic amines) is 1. The topological polar surface area (TPSA) is 0 Å². The molecule has 1 fully saturated rings. The molecule has 1 saturated heterocycles. The molecular formula is C10H22FN. The maximum absolute atomic E-state index is 2.37. The standard InChI is InChI=1S/C10H22N.FH/c1-9(2)11(10(3)4)7-5-6-8-11;/h9-10H,5-8H2,1-4H3;1H/q+1;/p-1. The highest BCUT2D eigenvalue weighted by atomic mass is 19.0. The largest absolute Gasteiger partial charge is 1.00 e. The van der Waals surface area contributed by atoms with Crippen molar-refractivity contribution in [2.24, 2.45) is 0 Å². The number of hydrogen-bond donors (Lipinski definition) is 0. The van der Waals surface area contributed by atoms with Crippen LogP contribution in [0.15, 0.2) is 0 Å². The summed E-state index contributed by atoms with van der Waals surface area (Å²) >= 11 is 0. The molecule has 0 aromatic heterocycles. The molecule has 0 unspecified atom stereocenters. The second kappa shape index (κ2) is 4.22. The average molecular weight is 175 g/mol. The molecule has 0 radical (unpaired) electrons. The summed E-state index contributed by atoms with van der Waals surface area (Å²) in [6.45, 7) is 12.3. The normalized spacial score (nSPS) is 21.5. The highest BCUT2D eigenvalue weighted by Gasteiger charge is 2.37. The van der Waals surface area contributed by atoms with Gasteiger partial charge in [-0.15, -0.1) is 0 Å². The number of quaternary nitrogens is 1. The van der Waals surface area contributed by atoms with Gasteiger partial charge in [0, 0.05) is 12.8 Å². The summed E-state index contributed by atoms with van der Waals surface area (Å²) in [5, 5.41) is 0. The van der Waals surface area contributed by atoms with E-state index in [-0.39, 0.29) is 4.70 Å². The van der Waals surface area contributed by atoms with Crippen LogP contribution in [0.2, 0.25) is 0 Å². The summed E-state index contributed by atoms with van der Waals surface area (Å²) in [4.78, 5) is 0. The minimum Gasteiger partial charge on any atom is -1.00 e. The fourth-order valence-electron chi connectivity index (χ4n) is 2.55. The Labute approximate surface area is 75.7 Å². The lowest BCUT2D eigenvalue weighted by Gasteiger charge is -2.42. The third-order valence-corrected chi connectivity index (χ3v) is 3.46. The lowest BCUT2D eigenvalue weighted by Crippen LogP contribution is -3.00. The van der Waals surface area contributed by atoms with Crippen LogP contribution in [-0.4, -0.2) is 29.7 Å². The maximum Gasteiger partial charge on any atom is 0.0835 e. The molecule has 0 bridgehead atoms. The summed E-state index contributed by atoms with van der Waals surface area (Å²) in [5.41, 5.74) is 0. The van der Waals surface area contributed by atoms with Crippen molar-refractivity contribution in [3.63, 3.8) is 0 Å². The molecular weight excluding hydrogens is 153 g/mol. The van der Waals surface area contributed by atoms with E-state index in [2.05, 4.69) is 27.7 Å². The minimum absolute atomic E-state index is 0. The Balaban J connectivity index is 0.00000121. The molecule has 1 heterocycles. The van der Waals surface area contributed by atoms with Gasteiger partial charge in [0.05, 0.1) is 25.2 Å². The summed E-state index contributed by atoms with van der Waals surface area (Å²) in [7, 11) is 0. The van der Waals surface area contributed by atoms with Crippen LogP contribution in [0, 0.1) is 0 Å². The van der Waals surface area contributed by atoms with E-state index in [1.165, 1.54) is 30.4 Å². The Kier molecular flexibility index (Phi) is 4.18. The van der Waals surface area contributed by atoms with E-state index in [1.54, 1.807) is 0 Å². The van der Waals surface area contributed by atoms with Gasteiger partial charge in [-0.05, 0) is 27.7 Å². The zero-order chi connectivity index (χ0) is 8.48. The van der Waals surface area contributed by atoms with Gasteiger partial charge in [0.1, 0.15) is 0 Å². The van der Waals surface area contributed by atoms with E-state index in [1.807, 2.05) is 0 Å². The first-order valence-corrected chi connectivity index (χ1v) is 4.96. The van der Waals surface area contributed by atoms with Crippen LogP contribution in [0.25, 0.3) is 0 Å². The molecule has 1 nitrogen and oxygen atoms in total. The van der Waals surface area contributed by atoms with Gasteiger partial charge in [0.15, 0.2) is 0 Å². The molecule has 1 rings (SSSR count). The van der Waals surface area contributed by atoms with Crippen LogP contribution in [0.5, 0.6) is 0 Å². The predicted molar refractivity (Wildman–Crippen MR) is 49.5 cm³/mol. The number of nitrogens with zero attached hydrogens (tertiary/aromatic N) is 1. The van der Waals surface area contributed by atoms with E-state index in [9.17, 15) is 0 Å². The van der Waals surface area contributed by atoms with Crippen molar-refractivity contribution in [2.75, 3.05) is 13.1 Å². The molecule has 0 saturated carbocycles. The number of rotatable bonds is 2. The van der Waals surface area contributed by atoms with E-state index >= 15 is 0 Å². The Morgan fingerprint density at radius 3 is 1.33 bits per heavy atom. The van der Waals surface area contributed by atoms with Crippen molar-refractivity contribution in [1.29, 1.82) is 0 Å². The molecule has 2 heteroatoms. The Hall–Kier alpha value is -0.110. The average Bonchev–Trinajstić information content (AvgIpc) is 2.34. The molecule has 0 aromatic rings. The first-order chi connectivity index (χ1) is 5.09. The second-order valence-electron chi connectivity index (χ2n) is 4.44. The Morgan fingerprint density at radius 1 is 0.833 bits per heavy atom. The van der Waals surface area contributed by atoms with Crippen molar-refractivity contribution in [3.05, 3.63) is 0 Å². The SMILES string of the molecule is CC(C)[N+]1(C(C)C)CCCC1.[F-]. The molecule has 12 heavy (non-hydrogen) atoms. The first kappa shape index (κ1) is 11.9. The van der Waals surface area contributed by atoms with E-state index in [0.717, 1.165) is 12.1 Å². The predicted octanol–water partition coefficient (Wildman–Crippen LogP) is -0.582. The molecule has 0 aromatic carbocycles. The fourth-order valence-corrected chi connectivity index (χ4v) is 2.55. The van der Waals surface area contributed by atoms with Gasteiger partial charge >= 0.3 is 0 Å². The zero-order valence-corrected chi connectivity index (χ0v) is 8.81. The molecule has 74 valence electrons. The van der Waals surface area contributed by atoms with Gasteiger partial charge in [0.25, 0.3) is 0 Å². The van der Waals surface area contributed by atoms with E-state index in [0.29, 0.717) is 0 Å². The summed E-state index contributed by atoms with van der Waals surface area (Å²) < 4.78 is 1.36. The smallest absolute Gasteiger partial charge is 0.0835 e. The highest BCUT2D eigenvalue weighted by molar-refractivity contribution is 4.61. The molecule has 1 aliphatic rings. The fraction of sp³-hybridized carbons (Fsp3) is 1.00. The van der Waals surface area contributed by atoms with Gasteiger partial charge in [-0.2, -0.15) is 0 Å². The van der Waals surface area contributed by atoms with Gasteiger partial charge in [-0.25, -0.2) is 0 Å². The lowest BCUT2D eigenvalue weighted by atomic mass is 10.1. The second-order valence-corrected chi connectivity index (χ2v) is 4.44. The molecule has 0 N–H and O–H groups in total. The van der Waals surface area contributed by atoms with Crippen LogP contribution >= 0.6 is 0 Å². The van der Waals surface area contributed by atoms with Gasteiger partial charge in [-0.1, -0.05) is 0 Å². The monoisotopic (exact) mass is 175 g/mol. The van der Waals surface area contributed by atoms with Crippen molar-refractivity contribution >= 4 is 0 Å². The third-order valence-electron chi connectivity index (χ3n) is 3.46. The summed E-state index contributed by atoms with van der Waals surface area (Å²) in [6, 6.07) is 1.63. The van der Waals surface area contributed by atoms with Crippen LogP contribution in [0.3, 0.4) is 0 Å².